The van der Waals surface area contributed by atoms with Crippen LogP contribution in [0.25, 0.3) is 0 Å². The molecule has 27 heavy (non-hydrogen) atoms. The second-order valence-electron chi connectivity index (χ2n) is 6.84. The third kappa shape index (κ3) is 4.05. The van der Waals surface area contributed by atoms with Gasteiger partial charge in [-0.05, 0) is 31.8 Å². The highest BCUT2D eigenvalue weighted by atomic mass is 16.2. The molecule has 2 aliphatic rings. The van der Waals surface area contributed by atoms with E-state index in [2.05, 4.69) is 23.5 Å². The van der Waals surface area contributed by atoms with E-state index < -0.39 is 6.04 Å². The highest BCUT2D eigenvalue weighted by molar-refractivity contribution is 6.27. The van der Waals surface area contributed by atoms with Gasteiger partial charge in [0.25, 0.3) is 0 Å². The molecule has 0 aromatic heterocycles. The van der Waals surface area contributed by atoms with Crippen molar-refractivity contribution in [2.75, 3.05) is 0 Å². The van der Waals surface area contributed by atoms with Gasteiger partial charge in [0.1, 0.15) is 0 Å². The number of hydrogen-bond donors (Lipinski definition) is 1. The molecule has 0 fully saturated rings. The maximum atomic E-state index is 13.1. The number of nitrogens with one attached hydrogen (secondary N) is 1. The van der Waals surface area contributed by atoms with Crippen LogP contribution < -0.4 is 5.32 Å². The van der Waals surface area contributed by atoms with Crippen LogP contribution in [0.2, 0.25) is 0 Å². The van der Waals surface area contributed by atoms with Crippen molar-refractivity contribution in [3.8, 4) is 0 Å². The summed E-state index contributed by atoms with van der Waals surface area (Å²) in [5.41, 5.74) is 2.80. The fourth-order valence-electron chi connectivity index (χ4n) is 3.57. The molecule has 0 spiro atoms. The Kier molecular flexibility index (Phi) is 5.65. The molecule has 4 heteroatoms. The Morgan fingerprint density at radius 3 is 2.56 bits per heavy atom. The standard InChI is InChI=1S/C23H23NO3.H2/c1-15-21(23(27)19-12-8-7-11-18(19)22(15)26)20(24-16(2)25)14-13-17-9-5-3-4-6-10-17;/h3,5-12,20H,4,13-14H2,1-2H3,(H,24,25);1H/t20-;/m0./s1. The van der Waals surface area contributed by atoms with Crippen molar-refractivity contribution in [3.05, 3.63) is 82.5 Å². The molecule has 0 saturated carbocycles. The summed E-state index contributed by atoms with van der Waals surface area (Å²) < 4.78 is 0. The molecule has 140 valence electrons. The Morgan fingerprint density at radius 1 is 1.15 bits per heavy atom. The molecule has 3 rings (SSSR count). The lowest BCUT2D eigenvalue weighted by atomic mass is 9.80. The van der Waals surface area contributed by atoms with E-state index in [9.17, 15) is 14.4 Å². The van der Waals surface area contributed by atoms with Crippen LogP contribution in [-0.4, -0.2) is 23.5 Å². The van der Waals surface area contributed by atoms with Gasteiger partial charge >= 0.3 is 0 Å². The Bertz CT molecular complexity index is 922. The van der Waals surface area contributed by atoms with E-state index in [1.165, 1.54) is 6.92 Å². The first kappa shape index (κ1) is 18.8. The molecule has 0 unspecified atom stereocenters. The fraction of sp³-hybridized carbons (Fsp3) is 0.261. The van der Waals surface area contributed by atoms with Gasteiger partial charge in [-0.25, -0.2) is 0 Å². The number of amides is 1. The number of ketones is 2. The lowest BCUT2D eigenvalue weighted by molar-refractivity contribution is -0.119. The van der Waals surface area contributed by atoms with Gasteiger partial charge in [-0.3, -0.25) is 14.4 Å². The molecule has 1 aromatic rings. The summed E-state index contributed by atoms with van der Waals surface area (Å²) in [6, 6.07) is 6.37. The van der Waals surface area contributed by atoms with Crippen LogP contribution in [0.1, 0.15) is 55.3 Å². The maximum absolute atomic E-state index is 13.1. The highest BCUT2D eigenvalue weighted by Gasteiger charge is 2.34. The summed E-state index contributed by atoms with van der Waals surface area (Å²) in [4.78, 5) is 37.6. The molecule has 4 nitrogen and oxygen atoms in total. The summed E-state index contributed by atoms with van der Waals surface area (Å²) >= 11 is 0. The molecule has 1 atom stereocenters. The van der Waals surface area contributed by atoms with Gasteiger partial charge in [0.05, 0.1) is 6.04 Å². The Morgan fingerprint density at radius 2 is 1.85 bits per heavy atom. The maximum Gasteiger partial charge on any atom is 0.217 e. The zero-order chi connectivity index (χ0) is 19.4. The van der Waals surface area contributed by atoms with Gasteiger partial charge in [0.2, 0.25) is 5.91 Å². The fourth-order valence-corrected chi connectivity index (χ4v) is 3.57. The van der Waals surface area contributed by atoms with Crippen LogP contribution in [0, 0.1) is 0 Å². The lowest BCUT2D eigenvalue weighted by Gasteiger charge is -2.26. The summed E-state index contributed by atoms with van der Waals surface area (Å²) in [5, 5.41) is 2.88. The summed E-state index contributed by atoms with van der Waals surface area (Å²) in [5.74, 6) is -0.538. The van der Waals surface area contributed by atoms with Crippen molar-refractivity contribution >= 4 is 17.5 Å². The van der Waals surface area contributed by atoms with Gasteiger partial charge in [-0.15, -0.1) is 0 Å². The molecule has 0 bridgehead atoms. The van der Waals surface area contributed by atoms with E-state index in [4.69, 9.17) is 0 Å². The average Bonchev–Trinajstić information content (AvgIpc) is 2.93. The molecule has 1 amide bonds. The number of rotatable bonds is 5. The molecule has 1 aromatic carbocycles. The molecule has 0 saturated heterocycles. The first-order chi connectivity index (χ1) is 13.0. The van der Waals surface area contributed by atoms with E-state index in [0.717, 1.165) is 12.0 Å². The SMILES string of the molecule is CC(=O)N[C@@H](CCC1=CC=CCC=C1)C1=C(C)C(=O)c2ccccc2C1=O.[HH]. The second kappa shape index (κ2) is 8.12. The van der Waals surface area contributed by atoms with Crippen molar-refractivity contribution in [2.45, 2.75) is 39.2 Å². The molecule has 2 aliphatic carbocycles. The third-order valence-electron chi connectivity index (χ3n) is 4.90. The van der Waals surface area contributed by atoms with Crippen molar-refractivity contribution in [1.82, 2.24) is 5.32 Å². The Balaban J connectivity index is 0.00000280. The third-order valence-corrected chi connectivity index (χ3v) is 4.90. The van der Waals surface area contributed by atoms with E-state index in [1.807, 2.05) is 12.2 Å². The van der Waals surface area contributed by atoms with Gasteiger partial charge in [-0.1, -0.05) is 54.6 Å². The van der Waals surface area contributed by atoms with Crippen molar-refractivity contribution in [1.29, 1.82) is 0 Å². The predicted molar refractivity (Wildman–Crippen MR) is 108 cm³/mol. The largest absolute Gasteiger partial charge is 0.349 e. The molecule has 0 aliphatic heterocycles. The lowest BCUT2D eigenvalue weighted by Crippen LogP contribution is -2.40. The molecule has 1 N–H and O–H groups in total. The van der Waals surface area contributed by atoms with E-state index in [-0.39, 0.29) is 18.9 Å². The number of fused-ring (bicyclic) bond motifs is 1. The molecule has 0 heterocycles. The van der Waals surface area contributed by atoms with Crippen LogP contribution >= 0.6 is 0 Å². The monoisotopic (exact) mass is 363 g/mol. The van der Waals surface area contributed by atoms with Crippen LogP contribution in [0.15, 0.2) is 71.4 Å². The minimum Gasteiger partial charge on any atom is -0.349 e. The molecular formula is C23H25NO3. The minimum atomic E-state index is -0.492. The highest BCUT2D eigenvalue weighted by Crippen LogP contribution is 2.30. The number of hydrogen-bond acceptors (Lipinski definition) is 3. The van der Waals surface area contributed by atoms with Crippen LogP contribution in [-0.2, 0) is 4.79 Å². The van der Waals surface area contributed by atoms with Crippen molar-refractivity contribution in [2.24, 2.45) is 0 Å². The number of carbonyl (C=O) groups is 3. The number of benzene rings is 1. The van der Waals surface area contributed by atoms with Crippen molar-refractivity contribution < 1.29 is 15.8 Å². The quantitative estimate of drug-likeness (QED) is 0.846. The minimum absolute atomic E-state index is 0. The number of allylic oxidation sites excluding steroid dienone is 7. The van der Waals surface area contributed by atoms with E-state index >= 15 is 0 Å². The van der Waals surface area contributed by atoms with Gasteiger partial charge in [0.15, 0.2) is 11.6 Å². The first-order valence-electron chi connectivity index (χ1n) is 9.17. The van der Waals surface area contributed by atoms with Crippen LogP contribution in [0.3, 0.4) is 0 Å². The Hall–Kier alpha value is -3.01. The normalized spacial score (nSPS) is 17.3. The summed E-state index contributed by atoms with van der Waals surface area (Å²) in [6.07, 6.45) is 12.4. The summed E-state index contributed by atoms with van der Waals surface area (Å²) in [6.45, 7) is 3.10. The smallest absolute Gasteiger partial charge is 0.217 e. The number of Topliss-reactive ketones (excluding diaryl/α,β-unsaturated/α-hetero) is 2. The van der Waals surface area contributed by atoms with Crippen LogP contribution in [0.5, 0.6) is 0 Å². The van der Waals surface area contributed by atoms with Gasteiger partial charge in [0, 0.05) is 30.6 Å². The van der Waals surface area contributed by atoms with Crippen LogP contribution in [0.4, 0.5) is 0 Å². The molecule has 0 radical (unpaired) electrons. The topological polar surface area (TPSA) is 63.2 Å². The van der Waals surface area contributed by atoms with Crippen molar-refractivity contribution in [3.63, 3.8) is 0 Å². The van der Waals surface area contributed by atoms with E-state index in [1.54, 1.807) is 31.2 Å². The van der Waals surface area contributed by atoms with Gasteiger partial charge in [-0.2, -0.15) is 0 Å². The first-order valence-corrected chi connectivity index (χ1v) is 9.17. The zero-order valence-electron chi connectivity index (χ0n) is 15.6. The summed E-state index contributed by atoms with van der Waals surface area (Å²) in [7, 11) is 0. The molecular weight excluding hydrogens is 338 g/mol. The number of carbonyl (C=O) groups excluding carboxylic acids is 3. The predicted octanol–water partition coefficient (Wildman–Crippen LogP) is 4.36. The Labute approximate surface area is 160 Å². The van der Waals surface area contributed by atoms with Gasteiger partial charge < -0.3 is 5.32 Å². The van der Waals surface area contributed by atoms with E-state index in [0.29, 0.717) is 35.1 Å². The zero-order valence-corrected chi connectivity index (χ0v) is 15.6. The second-order valence-corrected chi connectivity index (χ2v) is 6.84. The average molecular weight is 363 g/mol.